The van der Waals surface area contributed by atoms with Crippen LogP contribution in [0.4, 0.5) is 0 Å². The Hall–Kier alpha value is -3.06. The van der Waals surface area contributed by atoms with Crippen LogP contribution < -0.4 is 14.2 Å². The lowest BCUT2D eigenvalue weighted by molar-refractivity contribution is -0.117. The van der Waals surface area contributed by atoms with Gasteiger partial charge >= 0.3 is 0 Å². The number of unbranched alkanes of at least 4 members (excludes halogenated alkanes) is 1. The van der Waals surface area contributed by atoms with Crippen LogP contribution in [0.1, 0.15) is 94.6 Å². The van der Waals surface area contributed by atoms with Crippen molar-refractivity contribution < 1.29 is 19.0 Å². The summed E-state index contributed by atoms with van der Waals surface area (Å²) in [7, 11) is 2.09. The molecule has 7 heteroatoms. The fourth-order valence-corrected chi connectivity index (χ4v) is 7.21. The maximum atomic E-state index is 11.3. The van der Waals surface area contributed by atoms with Crippen molar-refractivity contribution >= 4 is 17.4 Å². The molecule has 1 heterocycles. The number of fused-ring (bicyclic) bond motifs is 1. The molecule has 0 N–H and O–H groups in total. The van der Waals surface area contributed by atoms with Gasteiger partial charge in [-0.3, -0.25) is 4.90 Å². The minimum Gasteiger partial charge on any atom is -0.493 e. The van der Waals surface area contributed by atoms with Gasteiger partial charge in [-0.2, -0.15) is 0 Å². The second-order valence-electron chi connectivity index (χ2n) is 13.9. The lowest BCUT2D eigenvalue weighted by Crippen LogP contribution is -2.55. The second kappa shape index (κ2) is 15.9. The van der Waals surface area contributed by atoms with Crippen LogP contribution in [0, 0.1) is 6.92 Å². The first-order valence-electron chi connectivity index (χ1n) is 17.5. The molecular formula is C40H53ClN2O4. The van der Waals surface area contributed by atoms with Crippen molar-refractivity contribution in [3.8, 4) is 28.4 Å². The van der Waals surface area contributed by atoms with E-state index < -0.39 is 0 Å². The first-order chi connectivity index (χ1) is 22.6. The molecule has 3 aromatic rings. The van der Waals surface area contributed by atoms with Crippen LogP contribution in [0.15, 0.2) is 48.5 Å². The van der Waals surface area contributed by atoms with Crippen molar-refractivity contribution in [2.75, 3.05) is 39.9 Å². The number of ether oxygens (including phenoxy) is 3. The van der Waals surface area contributed by atoms with E-state index in [2.05, 4.69) is 74.0 Å². The molecule has 3 aromatic carbocycles. The fourth-order valence-electron chi connectivity index (χ4n) is 6.98. The van der Waals surface area contributed by atoms with Crippen LogP contribution in [0.5, 0.6) is 17.2 Å². The van der Waals surface area contributed by atoms with E-state index in [1.165, 1.54) is 40.8 Å². The third kappa shape index (κ3) is 8.70. The fraction of sp³-hybridized carbons (Fsp3) is 0.525. The summed E-state index contributed by atoms with van der Waals surface area (Å²) in [5, 5.41) is 0.594. The minimum absolute atomic E-state index is 0.0859. The van der Waals surface area contributed by atoms with Gasteiger partial charge in [-0.15, -0.1) is 0 Å². The third-order valence-corrected chi connectivity index (χ3v) is 10.2. The standard InChI is InChI=1S/C40H53ClN2O4/c1-7-45-38-26-39(35(41)25-30(38)27-42(6)21-9-8-13-28(2)44)47-37-19-18-33-32(15-10-16-34(33)37)31-14-11-17-36(29(31)3)46-24-12-22-43-23-20-40(43,4)5/h10-11,14-17,25-26,37H,7-9,12-13,18-24,27H2,1-6H3/t37-/m0/s1. The molecule has 0 amide bonds. The van der Waals surface area contributed by atoms with Crippen LogP contribution in [0.3, 0.4) is 0 Å². The van der Waals surface area contributed by atoms with Crippen molar-refractivity contribution in [3.05, 3.63) is 75.8 Å². The zero-order valence-electron chi connectivity index (χ0n) is 29.3. The van der Waals surface area contributed by atoms with Gasteiger partial charge in [-0.25, -0.2) is 0 Å². The molecule has 0 aromatic heterocycles. The molecule has 5 rings (SSSR count). The summed E-state index contributed by atoms with van der Waals surface area (Å²) >= 11 is 6.86. The maximum absolute atomic E-state index is 11.3. The van der Waals surface area contributed by atoms with Gasteiger partial charge in [-0.1, -0.05) is 41.9 Å². The Bertz CT molecular complexity index is 1540. The number of hydrogen-bond donors (Lipinski definition) is 0. The molecule has 2 aliphatic rings. The molecule has 0 saturated carbocycles. The van der Waals surface area contributed by atoms with Gasteiger partial charge < -0.3 is 23.9 Å². The number of hydrogen-bond acceptors (Lipinski definition) is 6. The van der Waals surface area contributed by atoms with Gasteiger partial charge in [0.2, 0.25) is 0 Å². The molecule has 1 fully saturated rings. The molecule has 1 saturated heterocycles. The van der Waals surface area contributed by atoms with Crippen molar-refractivity contribution in [1.29, 1.82) is 0 Å². The Kier molecular flexibility index (Phi) is 11.9. The van der Waals surface area contributed by atoms with Gasteiger partial charge in [0, 0.05) is 43.2 Å². The average Bonchev–Trinajstić information content (AvgIpc) is 3.44. The van der Waals surface area contributed by atoms with E-state index in [1.54, 1.807) is 6.92 Å². The van der Waals surface area contributed by atoms with Crippen LogP contribution >= 0.6 is 11.6 Å². The predicted molar refractivity (Wildman–Crippen MR) is 192 cm³/mol. The topological polar surface area (TPSA) is 51.2 Å². The van der Waals surface area contributed by atoms with Gasteiger partial charge in [0.1, 0.15) is 29.1 Å². The van der Waals surface area contributed by atoms with E-state index in [0.29, 0.717) is 35.9 Å². The van der Waals surface area contributed by atoms with E-state index in [9.17, 15) is 4.79 Å². The Morgan fingerprint density at radius 1 is 1.02 bits per heavy atom. The minimum atomic E-state index is -0.0859. The zero-order chi connectivity index (χ0) is 33.6. The van der Waals surface area contributed by atoms with Crippen LogP contribution in [-0.4, -0.2) is 61.0 Å². The highest BCUT2D eigenvalue weighted by Gasteiger charge is 2.35. The predicted octanol–water partition coefficient (Wildman–Crippen LogP) is 9.22. The van der Waals surface area contributed by atoms with Crippen molar-refractivity contribution in [2.24, 2.45) is 0 Å². The molecule has 1 atom stereocenters. The Morgan fingerprint density at radius 2 is 1.81 bits per heavy atom. The number of carbonyl (C=O) groups excluding carboxylic acids is 1. The Balaban J connectivity index is 1.27. The van der Waals surface area contributed by atoms with Crippen molar-refractivity contribution in [3.63, 3.8) is 0 Å². The molecule has 0 spiro atoms. The van der Waals surface area contributed by atoms with Crippen molar-refractivity contribution in [2.45, 2.75) is 97.8 Å². The SMILES string of the molecule is CCOc1cc(O[C@H]2CCc3c(-c4cccc(OCCCN5CCC5(C)C)c4C)cccc32)c(Cl)cc1CN(C)CCCCC(C)=O. The quantitative estimate of drug-likeness (QED) is 0.135. The smallest absolute Gasteiger partial charge is 0.142 e. The average molecular weight is 661 g/mol. The summed E-state index contributed by atoms with van der Waals surface area (Å²) < 4.78 is 19.0. The van der Waals surface area contributed by atoms with Gasteiger partial charge in [0.05, 0.1) is 18.2 Å². The zero-order valence-corrected chi connectivity index (χ0v) is 30.0. The monoisotopic (exact) mass is 660 g/mol. The van der Waals surface area contributed by atoms with E-state index in [0.717, 1.165) is 68.9 Å². The van der Waals surface area contributed by atoms with Crippen LogP contribution in [0.2, 0.25) is 5.02 Å². The number of Topliss-reactive ketones (excluding diaryl/α,β-unsaturated/α-hetero) is 1. The molecule has 47 heavy (non-hydrogen) atoms. The summed E-state index contributed by atoms with van der Waals surface area (Å²) in [4.78, 5) is 16.1. The highest BCUT2D eigenvalue weighted by Crippen LogP contribution is 2.44. The van der Waals surface area contributed by atoms with Crippen LogP contribution in [-0.2, 0) is 17.8 Å². The van der Waals surface area contributed by atoms with Crippen LogP contribution in [0.25, 0.3) is 11.1 Å². The molecule has 0 unspecified atom stereocenters. The lowest BCUT2D eigenvalue weighted by Gasteiger charge is -2.48. The largest absolute Gasteiger partial charge is 0.493 e. The second-order valence-corrected chi connectivity index (χ2v) is 14.3. The van der Waals surface area contributed by atoms with E-state index in [1.807, 2.05) is 19.1 Å². The molecular weight excluding hydrogens is 608 g/mol. The molecule has 6 nitrogen and oxygen atoms in total. The number of nitrogens with zero attached hydrogens (tertiary/aromatic N) is 2. The number of likely N-dealkylation sites (tertiary alicyclic amines) is 1. The van der Waals surface area contributed by atoms with E-state index in [-0.39, 0.29) is 11.9 Å². The summed E-state index contributed by atoms with van der Waals surface area (Å²) in [6, 6.07) is 16.9. The maximum Gasteiger partial charge on any atom is 0.142 e. The first kappa shape index (κ1) is 35.3. The summed E-state index contributed by atoms with van der Waals surface area (Å²) in [5.74, 6) is 2.66. The van der Waals surface area contributed by atoms with Gasteiger partial charge in [0.15, 0.2) is 0 Å². The highest BCUT2D eigenvalue weighted by molar-refractivity contribution is 6.32. The number of benzene rings is 3. The third-order valence-electron chi connectivity index (χ3n) is 9.91. The molecule has 0 radical (unpaired) electrons. The normalized spacial score (nSPS) is 17.0. The first-order valence-corrected chi connectivity index (χ1v) is 17.8. The van der Waals surface area contributed by atoms with E-state index >= 15 is 0 Å². The van der Waals surface area contributed by atoms with Gasteiger partial charge in [-0.05, 0) is 127 Å². The highest BCUT2D eigenvalue weighted by atomic mass is 35.5. The van der Waals surface area contributed by atoms with E-state index in [4.69, 9.17) is 25.8 Å². The molecule has 0 bridgehead atoms. The van der Waals surface area contributed by atoms with Crippen molar-refractivity contribution in [1.82, 2.24) is 9.80 Å². The number of rotatable bonds is 17. The summed E-state index contributed by atoms with van der Waals surface area (Å²) in [5.41, 5.74) is 7.57. The molecule has 254 valence electrons. The molecule has 1 aliphatic carbocycles. The Labute approximate surface area is 287 Å². The Morgan fingerprint density at radius 3 is 2.53 bits per heavy atom. The number of carbonyl (C=O) groups is 1. The lowest BCUT2D eigenvalue weighted by atomic mass is 9.89. The number of halogens is 1. The number of ketones is 1. The summed E-state index contributed by atoms with van der Waals surface area (Å²) in [6.07, 6.45) is 6.57. The van der Waals surface area contributed by atoms with Gasteiger partial charge in [0.25, 0.3) is 0 Å². The molecule has 1 aliphatic heterocycles. The summed E-state index contributed by atoms with van der Waals surface area (Å²) in [6.45, 7) is 15.6.